The van der Waals surface area contributed by atoms with Crippen LogP contribution >= 0.6 is 0 Å². The van der Waals surface area contributed by atoms with Crippen molar-refractivity contribution in [2.75, 3.05) is 32.8 Å². The van der Waals surface area contributed by atoms with Gasteiger partial charge in [0, 0.05) is 31.5 Å². The van der Waals surface area contributed by atoms with Crippen molar-refractivity contribution in [2.45, 2.75) is 155 Å². The molecule has 9 aliphatic rings. The molecule has 48 heavy (non-hydrogen) atoms. The molecule has 0 bridgehead atoms. The summed E-state index contributed by atoms with van der Waals surface area (Å²) < 4.78 is 20.0. The van der Waals surface area contributed by atoms with E-state index in [9.17, 15) is 15.0 Å². The second kappa shape index (κ2) is 11.1. The summed E-state index contributed by atoms with van der Waals surface area (Å²) in [6.45, 7) is 15.9. The lowest BCUT2D eigenvalue weighted by Gasteiger charge is -2.64. The third-order valence-electron chi connectivity index (χ3n) is 17.4. The van der Waals surface area contributed by atoms with E-state index in [1.54, 1.807) is 0 Å². The molecule has 270 valence electrons. The van der Waals surface area contributed by atoms with Crippen LogP contribution in [0, 0.1) is 56.7 Å². The lowest BCUT2D eigenvalue weighted by atomic mass is 9.41. The predicted molar refractivity (Wildman–Crippen MR) is 181 cm³/mol. The van der Waals surface area contributed by atoms with E-state index in [-0.39, 0.29) is 53.0 Å². The number of carbonyl (C=O) groups is 1. The molecule has 1 amide bonds. The van der Waals surface area contributed by atoms with Crippen LogP contribution in [0.15, 0.2) is 0 Å². The topological polar surface area (TPSA) is 91.7 Å². The first-order valence-electron chi connectivity index (χ1n) is 20.1. The van der Waals surface area contributed by atoms with Crippen LogP contribution < -0.4 is 0 Å². The summed E-state index contributed by atoms with van der Waals surface area (Å²) in [6, 6.07) is 0. The minimum atomic E-state index is -0.445. The summed E-state index contributed by atoms with van der Waals surface area (Å²) in [6.07, 6.45) is 13.5. The molecule has 2 spiro atoms. The number of hydrogen-bond donors (Lipinski definition) is 2. The summed E-state index contributed by atoms with van der Waals surface area (Å²) in [4.78, 5) is 17.1. The van der Waals surface area contributed by atoms with Crippen LogP contribution in [0.2, 0.25) is 0 Å². The average molecular weight is 669 g/mol. The number of fused-ring (bicyclic) bond motifs is 4. The Kier molecular flexibility index (Phi) is 7.66. The molecule has 6 aliphatic carbocycles. The molecular weight excluding hydrogens is 604 g/mol. The van der Waals surface area contributed by atoms with Gasteiger partial charge in [0.25, 0.3) is 0 Å². The van der Waals surface area contributed by atoms with Crippen LogP contribution in [-0.4, -0.2) is 95.6 Å². The van der Waals surface area contributed by atoms with E-state index in [2.05, 4.69) is 39.5 Å². The minimum Gasteiger partial charge on any atom is -0.390 e. The Morgan fingerprint density at radius 2 is 1.71 bits per heavy atom. The average Bonchev–Trinajstić information content (AvgIpc) is 3.94. The molecule has 0 aromatic heterocycles. The highest BCUT2D eigenvalue weighted by molar-refractivity contribution is 5.76. The van der Waals surface area contributed by atoms with Gasteiger partial charge in [0.1, 0.15) is 6.23 Å². The van der Waals surface area contributed by atoms with Gasteiger partial charge in [0.15, 0.2) is 6.29 Å². The zero-order valence-corrected chi connectivity index (χ0v) is 30.5. The maximum absolute atomic E-state index is 12.9. The molecular formula is C40H64N2O6. The quantitative estimate of drug-likeness (QED) is 0.382. The first-order chi connectivity index (χ1) is 22.8. The maximum Gasteiger partial charge on any atom is 0.223 e. The van der Waals surface area contributed by atoms with Crippen molar-refractivity contribution in [1.82, 2.24) is 9.80 Å². The normalized spacial score (nSPS) is 54.1. The Hall–Kier alpha value is -0.770. The summed E-state index contributed by atoms with van der Waals surface area (Å²) >= 11 is 0. The van der Waals surface area contributed by atoms with Crippen molar-refractivity contribution in [3.05, 3.63) is 0 Å². The number of rotatable bonds is 6. The monoisotopic (exact) mass is 668 g/mol. The molecule has 8 heteroatoms. The molecule has 0 aromatic carbocycles. The van der Waals surface area contributed by atoms with Gasteiger partial charge >= 0.3 is 0 Å². The van der Waals surface area contributed by atoms with Crippen LogP contribution in [0.25, 0.3) is 0 Å². The molecule has 3 aliphatic heterocycles. The SMILES string of the molecule is C[C@@H]1CC(CN2CCC[C@H]2O)OC2[C@H]1C1(C)CCC34CC35CCC(O[C@H]3CN(C(=O)CC6CC6)CCO3)C(C)(C)[C@@H]5CCC4[C@]1(C)[C@H]2O. The van der Waals surface area contributed by atoms with E-state index in [0.29, 0.717) is 66.5 Å². The smallest absolute Gasteiger partial charge is 0.223 e. The molecule has 6 saturated carbocycles. The molecule has 3 heterocycles. The number of carbonyl (C=O) groups excluding carboxylic acids is 1. The van der Waals surface area contributed by atoms with Gasteiger partial charge < -0.3 is 29.3 Å². The van der Waals surface area contributed by atoms with Gasteiger partial charge in [-0.15, -0.1) is 0 Å². The lowest BCUT2D eigenvalue weighted by Crippen LogP contribution is -2.60. The maximum atomic E-state index is 12.9. The third kappa shape index (κ3) is 4.50. The number of hydrogen-bond acceptors (Lipinski definition) is 7. The zero-order valence-electron chi connectivity index (χ0n) is 30.5. The number of ether oxygens (including phenoxy) is 3. The van der Waals surface area contributed by atoms with Crippen LogP contribution in [0.5, 0.6) is 0 Å². The highest BCUT2D eigenvalue weighted by atomic mass is 16.7. The second-order valence-electron chi connectivity index (χ2n) is 19.7. The highest BCUT2D eigenvalue weighted by Crippen LogP contribution is 2.89. The van der Waals surface area contributed by atoms with E-state index in [1.807, 2.05) is 4.90 Å². The van der Waals surface area contributed by atoms with Gasteiger partial charge in [-0.2, -0.15) is 0 Å². The number of likely N-dealkylation sites (tertiary alicyclic amines) is 1. The van der Waals surface area contributed by atoms with Gasteiger partial charge in [-0.25, -0.2) is 0 Å². The highest BCUT2D eigenvalue weighted by Gasteiger charge is 2.84. The van der Waals surface area contributed by atoms with E-state index in [4.69, 9.17) is 14.2 Å². The van der Waals surface area contributed by atoms with E-state index in [1.165, 1.54) is 51.4 Å². The number of aliphatic hydroxyl groups is 2. The van der Waals surface area contributed by atoms with Crippen LogP contribution in [-0.2, 0) is 19.0 Å². The summed E-state index contributed by atoms with van der Waals surface area (Å²) in [5.41, 5.74) is 0.604. The van der Waals surface area contributed by atoms with Crippen LogP contribution in [0.4, 0.5) is 0 Å². The van der Waals surface area contributed by atoms with Crippen LogP contribution in [0.3, 0.4) is 0 Å². The molecule has 14 atom stereocenters. The van der Waals surface area contributed by atoms with Crippen LogP contribution in [0.1, 0.15) is 118 Å². The Balaban J connectivity index is 0.919. The van der Waals surface area contributed by atoms with Gasteiger partial charge in [-0.3, -0.25) is 9.69 Å². The van der Waals surface area contributed by atoms with Crippen molar-refractivity contribution >= 4 is 5.91 Å². The fraction of sp³-hybridized carbons (Fsp3) is 0.975. The largest absolute Gasteiger partial charge is 0.390 e. The summed E-state index contributed by atoms with van der Waals surface area (Å²) in [5.74, 6) is 2.90. The van der Waals surface area contributed by atoms with Gasteiger partial charge in [0.05, 0.1) is 37.6 Å². The predicted octanol–water partition coefficient (Wildman–Crippen LogP) is 5.58. The van der Waals surface area contributed by atoms with Crippen molar-refractivity contribution in [1.29, 1.82) is 0 Å². The second-order valence-corrected chi connectivity index (χ2v) is 19.7. The number of nitrogens with zero attached hydrogens (tertiary/aromatic N) is 2. The number of aliphatic hydroxyl groups excluding tert-OH is 2. The Labute approximate surface area is 289 Å². The molecule has 0 radical (unpaired) electrons. The van der Waals surface area contributed by atoms with Gasteiger partial charge in [-0.1, -0.05) is 34.6 Å². The number of amides is 1. The van der Waals surface area contributed by atoms with E-state index < -0.39 is 6.10 Å². The van der Waals surface area contributed by atoms with E-state index >= 15 is 0 Å². The van der Waals surface area contributed by atoms with Crippen molar-refractivity contribution in [2.24, 2.45) is 56.7 Å². The van der Waals surface area contributed by atoms with Crippen molar-refractivity contribution in [3.8, 4) is 0 Å². The molecule has 2 N–H and O–H groups in total. The number of morpholine rings is 1. The molecule has 0 aromatic rings. The Morgan fingerprint density at radius 1 is 0.938 bits per heavy atom. The summed E-state index contributed by atoms with van der Waals surface area (Å²) in [5, 5.41) is 23.1. The zero-order chi connectivity index (χ0) is 33.4. The first kappa shape index (κ1) is 33.1. The lowest BCUT2D eigenvalue weighted by molar-refractivity contribution is -0.248. The van der Waals surface area contributed by atoms with Gasteiger partial charge in [-0.05, 0) is 128 Å². The molecule has 7 unspecified atom stereocenters. The summed E-state index contributed by atoms with van der Waals surface area (Å²) in [7, 11) is 0. The molecule has 3 saturated heterocycles. The van der Waals surface area contributed by atoms with Crippen molar-refractivity contribution in [3.63, 3.8) is 0 Å². The standard InChI is InChI=1S/C40H64N2O6/c1-24-19-26(21-41-16-6-7-30(41)43)47-34-33(24)37(4)14-15-40-23-39(40)13-12-29(36(2,3)27(39)10-11-28(40)38(37,5)35(34)45)48-32-22-42(17-18-46-32)31(44)20-25-8-9-25/h24-30,32-35,43,45H,6-23H2,1-5H3/t24-,26?,27+,28?,29?,30-,32+,33+,34?,35+,37?,38-,39?,40?/m1/s1. The third-order valence-corrected chi connectivity index (χ3v) is 17.4. The molecule has 9 rings (SSSR count). The molecule has 8 nitrogen and oxygen atoms in total. The Bertz CT molecular complexity index is 1290. The van der Waals surface area contributed by atoms with Gasteiger partial charge in [0.2, 0.25) is 5.91 Å². The fourth-order valence-corrected chi connectivity index (χ4v) is 14.8. The first-order valence-corrected chi connectivity index (χ1v) is 20.1. The molecule has 9 fully saturated rings. The van der Waals surface area contributed by atoms with Crippen molar-refractivity contribution < 1.29 is 29.2 Å². The van der Waals surface area contributed by atoms with E-state index in [0.717, 1.165) is 38.8 Å². The fourth-order valence-electron chi connectivity index (χ4n) is 14.8. The minimum absolute atomic E-state index is 0.0330. The Morgan fingerprint density at radius 3 is 2.46 bits per heavy atom.